The lowest BCUT2D eigenvalue weighted by molar-refractivity contribution is 0.183. The summed E-state index contributed by atoms with van der Waals surface area (Å²) in [5, 5.41) is 2.95. The Kier molecular flexibility index (Phi) is 4.83. The zero-order chi connectivity index (χ0) is 12.1. The second kappa shape index (κ2) is 5.92. The lowest BCUT2D eigenvalue weighted by atomic mass is 10.0. The molecule has 0 bridgehead atoms. The molecule has 1 aromatic carbocycles. The van der Waals surface area contributed by atoms with Crippen LogP contribution in [0.5, 0.6) is 0 Å². The molecular formula is C12H17F2NO. The third kappa shape index (κ3) is 2.77. The summed E-state index contributed by atoms with van der Waals surface area (Å²) in [7, 11) is 3.30. The molecule has 0 amide bonds. The summed E-state index contributed by atoms with van der Waals surface area (Å²) in [4.78, 5) is 0. The first-order valence-corrected chi connectivity index (χ1v) is 5.22. The molecule has 0 aromatic heterocycles. The van der Waals surface area contributed by atoms with Crippen LogP contribution >= 0.6 is 0 Å². The van der Waals surface area contributed by atoms with Gasteiger partial charge in [0.15, 0.2) is 11.6 Å². The van der Waals surface area contributed by atoms with E-state index >= 15 is 0 Å². The molecule has 0 heterocycles. The summed E-state index contributed by atoms with van der Waals surface area (Å²) in [5.74, 6) is -1.54. The quantitative estimate of drug-likeness (QED) is 0.837. The van der Waals surface area contributed by atoms with Gasteiger partial charge in [0.1, 0.15) is 0 Å². The Morgan fingerprint density at radius 1 is 1.31 bits per heavy atom. The van der Waals surface area contributed by atoms with Gasteiger partial charge in [0.25, 0.3) is 0 Å². The lowest BCUT2D eigenvalue weighted by Crippen LogP contribution is -2.20. The molecule has 0 saturated heterocycles. The summed E-state index contributed by atoms with van der Waals surface area (Å²) >= 11 is 0. The maximum atomic E-state index is 13.7. The first-order chi connectivity index (χ1) is 7.61. The van der Waals surface area contributed by atoms with Crippen LogP contribution in [-0.2, 0) is 4.74 Å². The van der Waals surface area contributed by atoms with Crippen LogP contribution in [0.4, 0.5) is 8.78 Å². The van der Waals surface area contributed by atoms with Gasteiger partial charge in [-0.1, -0.05) is 12.1 Å². The largest absolute Gasteiger partial charge is 0.385 e. The fraction of sp³-hybridized carbons (Fsp3) is 0.500. The molecule has 16 heavy (non-hydrogen) atoms. The number of hydrogen-bond acceptors (Lipinski definition) is 2. The Morgan fingerprint density at radius 3 is 2.56 bits per heavy atom. The molecule has 0 aliphatic heterocycles. The Bertz CT molecular complexity index is 355. The Labute approximate surface area is 94.6 Å². The second-order valence-electron chi connectivity index (χ2n) is 3.72. The number of methoxy groups -OCH3 is 1. The molecule has 0 aliphatic carbocycles. The summed E-state index contributed by atoms with van der Waals surface area (Å²) in [6, 6.07) is 2.98. The van der Waals surface area contributed by atoms with Crippen LogP contribution in [0, 0.1) is 18.6 Å². The molecule has 1 rings (SSSR count). The summed E-state index contributed by atoms with van der Waals surface area (Å²) in [6.45, 7) is 2.05. The molecule has 0 spiro atoms. The zero-order valence-corrected chi connectivity index (χ0v) is 9.81. The van der Waals surface area contributed by atoms with Crippen LogP contribution in [-0.4, -0.2) is 20.8 Å². The monoisotopic (exact) mass is 229 g/mol. The molecule has 0 saturated carbocycles. The highest BCUT2D eigenvalue weighted by molar-refractivity contribution is 5.27. The normalized spacial score (nSPS) is 12.8. The van der Waals surface area contributed by atoms with Gasteiger partial charge >= 0.3 is 0 Å². The van der Waals surface area contributed by atoms with E-state index in [4.69, 9.17) is 4.74 Å². The van der Waals surface area contributed by atoms with Crippen molar-refractivity contribution in [1.82, 2.24) is 5.32 Å². The molecular weight excluding hydrogens is 212 g/mol. The fourth-order valence-electron chi connectivity index (χ4n) is 1.62. The third-order valence-electron chi connectivity index (χ3n) is 2.64. The molecule has 1 unspecified atom stereocenters. The second-order valence-corrected chi connectivity index (χ2v) is 3.72. The average molecular weight is 229 g/mol. The Hall–Kier alpha value is -1.00. The minimum absolute atomic E-state index is 0.227. The maximum absolute atomic E-state index is 13.7. The number of nitrogens with one attached hydrogen (secondary N) is 1. The van der Waals surface area contributed by atoms with E-state index in [1.807, 2.05) is 0 Å². The highest BCUT2D eigenvalue weighted by Crippen LogP contribution is 2.23. The van der Waals surface area contributed by atoms with E-state index in [-0.39, 0.29) is 6.04 Å². The van der Waals surface area contributed by atoms with E-state index in [0.717, 1.165) is 0 Å². The molecule has 4 heteroatoms. The van der Waals surface area contributed by atoms with E-state index in [9.17, 15) is 8.78 Å². The van der Waals surface area contributed by atoms with Gasteiger partial charge in [-0.05, 0) is 26.0 Å². The number of rotatable bonds is 5. The van der Waals surface area contributed by atoms with Crippen LogP contribution in [0.15, 0.2) is 12.1 Å². The van der Waals surface area contributed by atoms with Gasteiger partial charge in [0.05, 0.1) is 0 Å². The first kappa shape index (κ1) is 13.1. The third-order valence-corrected chi connectivity index (χ3v) is 2.64. The number of aryl methyl sites for hydroxylation is 1. The van der Waals surface area contributed by atoms with Gasteiger partial charge in [-0.3, -0.25) is 0 Å². The van der Waals surface area contributed by atoms with E-state index in [1.165, 1.54) is 0 Å². The van der Waals surface area contributed by atoms with Gasteiger partial charge in [-0.15, -0.1) is 0 Å². The number of halogens is 2. The van der Waals surface area contributed by atoms with Crippen molar-refractivity contribution in [3.8, 4) is 0 Å². The molecule has 2 nitrogen and oxygen atoms in total. The smallest absolute Gasteiger partial charge is 0.163 e. The highest BCUT2D eigenvalue weighted by atomic mass is 19.2. The van der Waals surface area contributed by atoms with E-state index < -0.39 is 11.6 Å². The van der Waals surface area contributed by atoms with Crippen LogP contribution in [0.1, 0.15) is 23.6 Å². The van der Waals surface area contributed by atoms with Crippen molar-refractivity contribution in [3.63, 3.8) is 0 Å². The summed E-state index contributed by atoms with van der Waals surface area (Å²) in [6.07, 6.45) is 0.604. The molecule has 0 fully saturated rings. The molecule has 1 aromatic rings. The zero-order valence-electron chi connectivity index (χ0n) is 9.81. The molecule has 0 aliphatic rings. The van der Waals surface area contributed by atoms with Gasteiger partial charge in [-0.2, -0.15) is 0 Å². The Morgan fingerprint density at radius 2 is 2.00 bits per heavy atom. The van der Waals surface area contributed by atoms with Crippen molar-refractivity contribution in [1.29, 1.82) is 0 Å². The highest BCUT2D eigenvalue weighted by Gasteiger charge is 2.17. The minimum Gasteiger partial charge on any atom is -0.385 e. The van der Waals surface area contributed by atoms with E-state index in [2.05, 4.69) is 5.32 Å². The van der Waals surface area contributed by atoms with Crippen molar-refractivity contribution in [3.05, 3.63) is 34.9 Å². The van der Waals surface area contributed by atoms with Crippen molar-refractivity contribution < 1.29 is 13.5 Å². The Balaban J connectivity index is 2.96. The van der Waals surface area contributed by atoms with E-state index in [1.54, 1.807) is 33.2 Å². The topological polar surface area (TPSA) is 21.3 Å². The van der Waals surface area contributed by atoms with E-state index in [0.29, 0.717) is 24.2 Å². The number of benzene rings is 1. The molecule has 1 N–H and O–H groups in total. The summed E-state index contributed by atoms with van der Waals surface area (Å²) < 4.78 is 32.0. The lowest BCUT2D eigenvalue weighted by Gasteiger charge is -2.17. The average Bonchev–Trinajstić information content (AvgIpc) is 2.29. The fourth-order valence-corrected chi connectivity index (χ4v) is 1.62. The van der Waals surface area contributed by atoms with Gasteiger partial charge in [-0.25, -0.2) is 8.78 Å². The molecule has 0 radical (unpaired) electrons. The van der Waals surface area contributed by atoms with Gasteiger partial charge in [0, 0.05) is 25.3 Å². The molecule has 1 atom stereocenters. The maximum Gasteiger partial charge on any atom is 0.163 e. The SMILES string of the molecule is CNC(CCOC)c1ccc(C)c(F)c1F. The number of ether oxygens (including phenoxy) is 1. The van der Waals surface area contributed by atoms with Gasteiger partial charge < -0.3 is 10.1 Å². The van der Waals surface area contributed by atoms with Crippen molar-refractivity contribution >= 4 is 0 Å². The van der Waals surface area contributed by atoms with Crippen molar-refractivity contribution in [2.45, 2.75) is 19.4 Å². The summed E-state index contributed by atoms with van der Waals surface area (Å²) in [5.41, 5.74) is 0.672. The minimum atomic E-state index is -0.768. The standard InChI is InChI=1S/C12H17F2NO/c1-8-4-5-9(12(14)11(8)13)10(15-2)6-7-16-3/h4-5,10,15H,6-7H2,1-3H3. The number of hydrogen-bond donors (Lipinski definition) is 1. The van der Waals surface area contributed by atoms with Crippen LogP contribution in [0.3, 0.4) is 0 Å². The van der Waals surface area contributed by atoms with Crippen LogP contribution in [0.25, 0.3) is 0 Å². The van der Waals surface area contributed by atoms with Crippen LogP contribution < -0.4 is 5.32 Å². The predicted molar refractivity (Wildman–Crippen MR) is 59.4 cm³/mol. The predicted octanol–water partition coefficient (Wildman–Crippen LogP) is 2.57. The van der Waals surface area contributed by atoms with Gasteiger partial charge in [0.2, 0.25) is 0 Å². The molecule has 90 valence electrons. The van der Waals surface area contributed by atoms with Crippen molar-refractivity contribution in [2.75, 3.05) is 20.8 Å². The van der Waals surface area contributed by atoms with Crippen LogP contribution in [0.2, 0.25) is 0 Å². The first-order valence-electron chi connectivity index (χ1n) is 5.22. The van der Waals surface area contributed by atoms with Crippen molar-refractivity contribution in [2.24, 2.45) is 0 Å².